The van der Waals surface area contributed by atoms with Gasteiger partial charge in [0.2, 0.25) is 0 Å². The molecule has 0 aliphatic carbocycles. The van der Waals surface area contributed by atoms with Crippen molar-refractivity contribution in [1.82, 2.24) is 15.0 Å². The minimum atomic E-state index is 0.640. The van der Waals surface area contributed by atoms with Crippen LogP contribution in [-0.2, 0) is 0 Å². The van der Waals surface area contributed by atoms with Crippen LogP contribution in [0.15, 0.2) is 188 Å². The lowest BCUT2D eigenvalue weighted by Gasteiger charge is -2.14. The average molecular weight is 686 g/mol. The van der Waals surface area contributed by atoms with Gasteiger partial charge in [0, 0.05) is 16.7 Å². The number of benzene rings is 10. The van der Waals surface area contributed by atoms with Crippen LogP contribution in [0.1, 0.15) is 0 Å². The Morgan fingerprint density at radius 2 is 0.444 bits per heavy atom. The SMILES string of the molecule is c1ccc(-c2ccc(-c3nc(-c4ccc5c6ccccc6c6ccccc6c5c4)nc(-c4ccc5c6ccccc6c6ccccc6c5c4)n3)cc2)cc1. The molecule has 0 amide bonds. The normalized spacial score (nSPS) is 11.7. The second-order valence-electron chi connectivity index (χ2n) is 14.0. The summed E-state index contributed by atoms with van der Waals surface area (Å²) < 4.78 is 0. The quantitative estimate of drug-likeness (QED) is 0.173. The maximum absolute atomic E-state index is 5.24. The van der Waals surface area contributed by atoms with Gasteiger partial charge in [0.25, 0.3) is 0 Å². The Morgan fingerprint density at radius 1 is 0.185 bits per heavy atom. The molecule has 1 heterocycles. The van der Waals surface area contributed by atoms with Gasteiger partial charge in [-0.2, -0.15) is 0 Å². The smallest absolute Gasteiger partial charge is 0.164 e. The zero-order valence-corrected chi connectivity index (χ0v) is 29.2. The van der Waals surface area contributed by atoms with Crippen molar-refractivity contribution in [3.8, 4) is 45.3 Å². The fourth-order valence-electron chi connectivity index (χ4n) is 8.30. The van der Waals surface area contributed by atoms with E-state index in [1.807, 2.05) is 6.07 Å². The van der Waals surface area contributed by atoms with E-state index in [4.69, 9.17) is 15.0 Å². The lowest BCUT2D eigenvalue weighted by molar-refractivity contribution is 1.08. The highest BCUT2D eigenvalue weighted by atomic mass is 15.0. The predicted octanol–water partition coefficient (Wildman–Crippen LogP) is 13.5. The van der Waals surface area contributed by atoms with E-state index in [2.05, 4.69) is 182 Å². The molecule has 11 rings (SSSR count). The molecule has 0 bridgehead atoms. The maximum Gasteiger partial charge on any atom is 0.164 e. The lowest BCUT2D eigenvalue weighted by atomic mass is 9.93. The van der Waals surface area contributed by atoms with Crippen molar-refractivity contribution < 1.29 is 0 Å². The number of rotatable bonds is 4. The third kappa shape index (κ3) is 4.87. The van der Waals surface area contributed by atoms with Gasteiger partial charge in [-0.1, -0.05) is 176 Å². The van der Waals surface area contributed by atoms with Crippen LogP contribution >= 0.6 is 0 Å². The first-order valence-electron chi connectivity index (χ1n) is 18.4. The van der Waals surface area contributed by atoms with Gasteiger partial charge in [-0.05, 0) is 87.9 Å². The molecule has 0 spiro atoms. The van der Waals surface area contributed by atoms with Crippen molar-refractivity contribution in [2.24, 2.45) is 0 Å². The standard InChI is InChI=1S/C51H31N3/c1-2-12-32(13-3-1)33-22-24-34(25-23-33)49-52-50(35-26-28-45-41-18-6-4-14-37(41)39-16-8-10-20-43(39)47(45)30-35)54-51(53-49)36-27-29-46-42-19-7-5-15-38(42)40-17-9-11-21-44(40)48(46)31-36/h1-31H. The summed E-state index contributed by atoms with van der Waals surface area (Å²) in [7, 11) is 0. The van der Waals surface area contributed by atoms with Crippen molar-refractivity contribution >= 4 is 64.6 Å². The molecule has 0 atom stereocenters. The largest absolute Gasteiger partial charge is 0.208 e. The summed E-state index contributed by atoms with van der Waals surface area (Å²) in [5.41, 5.74) is 5.16. The molecule has 1 aromatic heterocycles. The van der Waals surface area contributed by atoms with Gasteiger partial charge < -0.3 is 0 Å². The Bertz CT molecular complexity index is 3010. The summed E-state index contributed by atoms with van der Waals surface area (Å²) in [6, 6.07) is 66.9. The molecular formula is C51H31N3. The average Bonchev–Trinajstić information content (AvgIpc) is 3.26. The second kappa shape index (κ2) is 12.2. The Labute approximate surface area is 311 Å². The molecule has 0 saturated heterocycles. The van der Waals surface area contributed by atoms with Crippen LogP contribution in [-0.4, -0.2) is 15.0 Å². The highest BCUT2D eigenvalue weighted by molar-refractivity contribution is 6.27. The molecule has 11 aromatic rings. The van der Waals surface area contributed by atoms with E-state index >= 15 is 0 Å². The van der Waals surface area contributed by atoms with Gasteiger partial charge in [0.15, 0.2) is 17.5 Å². The topological polar surface area (TPSA) is 38.7 Å². The minimum Gasteiger partial charge on any atom is -0.208 e. The van der Waals surface area contributed by atoms with Crippen LogP contribution < -0.4 is 0 Å². The van der Waals surface area contributed by atoms with Crippen molar-refractivity contribution in [1.29, 1.82) is 0 Å². The van der Waals surface area contributed by atoms with Gasteiger partial charge in [0.05, 0.1) is 0 Å². The van der Waals surface area contributed by atoms with E-state index in [9.17, 15) is 0 Å². The van der Waals surface area contributed by atoms with Crippen LogP contribution in [0.25, 0.3) is 110 Å². The molecule has 0 radical (unpaired) electrons. The molecule has 250 valence electrons. The Balaban J connectivity index is 1.14. The molecule has 3 heteroatoms. The number of nitrogens with zero attached hydrogens (tertiary/aromatic N) is 3. The Kier molecular flexibility index (Phi) is 6.86. The van der Waals surface area contributed by atoms with Crippen molar-refractivity contribution in [2.75, 3.05) is 0 Å². The Morgan fingerprint density at radius 3 is 0.833 bits per heavy atom. The number of aromatic nitrogens is 3. The number of hydrogen-bond acceptors (Lipinski definition) is 3. The van der Waals surface area contributed by atoms with Gasteiger partial charge >= 0.3 is 0 Å². The Hall–Kier alpha value is -7.23. The van der Waals surface area contributed by atoms with Crippen molar-refractivity contribution in [3.05, 3.63) is 188 Å². The van der Waals surface area contributed by atoms with Crippen LogP contribution in [0.5, 0.6) is 0 Å². The number of hydrogen-bond donors (Lipinski definition) is 0. The molecule has 0 fully saturated rings. The first kappa shape index (κ1) is 30.4. The summed E-state index contributed by atoms with van der Waals surface area (Å²) >= 11 is 0. The van der Waals surface area contributed by atoms with Crippen molar-refractivity contribution in [2.45, 2.75) is 0 Å². The molecule has 0 aliphatic heterocycles. The molecule has 54 heavy (non-hydrogen) atoms. The van der Waals surface area contributed by atoms with Crippen LogP contribution in [0.4, 0.5) is 0 Å². The van der Waals surface area contributed by atoms with Crippen LogP contribution in [0.3, 0.4) is 0 Å². The van der Waals surface area contributed by atoms with Crippen molar-refractivity contribution in [3.63, 3.8) is 0 Å². The molecule has 3 nitrogen and oxygen atoms in total. The summed E-state index contributed by atoms with van der Waals surface area (Å²) in [4.78, 5) is 15.6. The molecular weight excluding hydrogens is 655 g/mol. The summed E-state index contributed by atoms with van der Waals surface area (Å²) in [5, 5.41) is 14.7. The fourth-order valence-corrected chi connectivity index (χ4v) is 8.30. The highest BCUT2D eigenvalue weighted by Crippen LogP contribution is 2.39. The molecule has 0 saturated carbocycles. The minimum absolute atomic E-state index is 0.640. The van der Waals surface area contributed by atoms with Gasteiger partial charge in [-0.15, -0.1) is 0 Å². The summed E-state index contributed by atoms with van der Waals surface area (Å²) in [6.45, 7) is 0. The molecule has 0 aliphatic rings. The first-order chi connectivity index (χ1) is 26.8. The van der Waals surface area contributed by atoms with Gasteiger partial charge in [-0.3, -0.25) is 0 Å². The second-order valence-corrected chi connectivity index (χ2v) is 14.0. The van der Waals surface area contributed by atoms with Crippen LogP contribution in [0, 0.1) is 0 Å². The third-order valence-electron chi connectivity index (χ3n) is 10.9. The summed E-state index contributed by atoms with van der Waals surface area (Å²) in [5.74, 6) is 1.93. The highest BCUT2D eigenvalue weighted by Gasteiger charge is 2.17. The zero-order chi connectivity index (χ0) is 35.6. The number of fused-ring (bicyclic) bond motifs is 12. The molecule has 10 aromatic carbocycles. The monoisotopic (exact) mass is 685 g/mol. The summed E-state index contributed by atoms with van der Waals surface area (Å²) in [6.07, 6.45) is 0. The molecule has 0 N–H and O–H groups in total. The predicted molar refractivity (Wildman–Crippen MR) is 227 cm³/mol. The van der Waals surface area contributed by atoms with Gasteiger partial charge in [-0.25, -0.2) is 15.0 Å². The molecule has 0 unspecified atom stereocenters. The van der Waals surface area contributed by atoms with E-state index in [1.165, 1.54) is 70.2 Å². The third-order valence-corrected chi connectivity index (χ3v) is 10.9. The van der Waals surface area contributed by atoms with Gasteiger partial charge in [0.1, 0.15) is 0 Å². The fraction of sp³-hybridized carbons (Fsp3) is 0. The van der Waals surface area contributed by atoms with E-state index in [0.717, 1.165) is 22.3 Å². The van der Waals surface area contributed by atoms with Crippen LogP contribution in [0.2, 0.25) is 0 Å². The van der Waals surface area contributed by atoms with E-state index < -0.39 is 0 Å². The maximum atomic E-state index is 5.24. The van der Waals surface area contributed by atoms with E-state index in [-0.39, 0.29) is 0 Å². The lowest BCUT2D eigenvalue weighted by Crippen LogP contribution is -2.00. The first-order valence-corrected chi connectivity index (χ1v) is 18.4. The zero-order valence-electron chi connectivity index (χ0n) is 29.2. The van der Waals surface area contributed by atoms with E-state index in [0.29, 0.717) is 17.5 Å². The van der Waals surface area contributed by atoms with E-state index in [1.54, 1.807) is 0 Å².